The molecule has 2 saturated carbocycles. The molecule has 4 rings (SSSR count). The van der Waals surface area contributed by atoms with Crippen LogP contribution in [-0.2, 0) is 11.2 Å². The summed E-state index contributed by atoms with van der Waals surface area (Å²) in [7, 11) is 1.60. The van der Waals surface area contributed by atoms with E-state index in [2.05, 4.69) is 6.92 Å². The summed E-state index contributed by atoms with van der Waals surface area (Å²) in [4.78, 5) is 12.3. The van der Waals surface area contributed by atoms with Crippen molar-refractivity contribution in [1.29, 1.82) is 0 Å². The number of rotatable bonds is 1. The Morgan fingerprint density at radius 3 is 2.82 bits per heavy atom. The lowest BCUT2D eigenvalue weighted by molar-refractivity contribution is -0.129. The minimum absolute atomic E-state index is 0.0762. The van der Waals surface area contributed by atoms with Crippen molar-refractivity contribution in [1.82, 2.24) is 0 Å². The summed E-state index contributed by atoms with van der Waals surface area (Å²) in [6.45, 7) is 2.20. The topological polar surface area (TPSA) is 46.5 Å². The third-order valence-electron chi connectivity index (χ3n) is 6.73. The maximum Gasteiger partial charge on any atom is 0.160 e. The van der Waals surface area contributed by atoms with Gasteiger partial charge in [0.05, 0.1) is 7.11 Å². The van der Waals surface area contributed by atoms with Crippen LogP contribution in [0.2, 0.25) is 0 Å². The summed E-state index contributed by atoms with van der Waals surface area (Å²) >= 11 is 0. The Bertz CT molecular complexity index is 636. The summed E-state index contributed by atoms with van der Waals surface area (Å²) in [5, 5.41) is 10.2. The molecule has 1 N–H and O–H groups in total. The van der Waals surface area contributed by atoms with E-state index in [-0.39, 0.29) is 11.2 Å². The molecule has 22 heavy (non-hydrogen) atoms. The second-order valence-corrected chi connectivity index (χ2v) is 7.56. The number of phenols is 1. The van der Waals surface area contributed by atoms with E-state index in [1.165, 1.54) is 17.5 Å². The molecule has 4 atom stereocenters. The van der Waals surface area contributed by atoms with E-state index < -0.39 is 0 Å². The van der Waals surface area contributed by atoms with Crippen molar-refractivity contribution in [3.63, 3.8) is 0 Å². The maximum absolute atomic E-state index is 12.3. The number of phenolic OH excluding ortho intramolecular Hbond substituents is 1. The Balaban J connectivity index is 1.73. The van der Waals surface area contributed by atoms with Crippen LogP contribution in [0.3, 0.4) is 0 Å². The lowest BCUT2D eigenvalue weighted by Gasteiger charge is -2.48. The monoisotopic (exact) mass is 300 g/mol. The van der Waals surface area contributed by atoms with Gasteiger partial charge in [-0.1, -0.05) is 6.92 Å². The van der Waals surface area contributed by atoms with Crippen molar-refractivity contribution in [2.24, 2.45) is 17.3 Å². The molecule has 0 spiro atoms. The first kappa shape index (κ1) is 14.1. The molecule has 3 nitrogen and oxygen atoms in total. The van der Waals surface area contributed by atoms with Crippen LogP contribution in [0, 0.1) is 17.3 Å². The number of benzene rings is 1. The summed E-state index contributed by atoms with van der Waals surface area (Å²) in [6, 6.07) is 3.93. The molecule has 0 amide bonds. The van der Waals surface area contributed by atoms with Gasteiger partial charge in [0.1, 0.15) is 5.78 Å². The molecule has 3 heteroatoms. The molecule has 3 unspecified atom stereocenters. The molecule has 0 aliphatic heterocycles. The number of hydrogen-bond donors (Lipinski definition) is 1. The van der Waals surface area contributed by atoms with Crippen molar-refractivity contribution in [3.05, 3.63) is 23.3 Å². The number of Topliss-reactive ketones (excluding diaryl/α,β-unsaturated/α-hetero) is 1. The van der Waals surface area contributed by atoms with Crippen molar-refractivity contribution in [3.8, 4) is 11.5 Å². The van der Waals surface area contributed by atoms with Gasteiger partial charge in [-0.2, -0.15) is 0 Å². The van der Waals surface area contributed by atoms with E-state index in [0.717, 1.165) is 32.1 Å². The molecular formula is C19H24O3. The van der Waals surface area contributed by atoms with Crippen molar-refractivity contribution >= 4 is 5.78 Å². The SMILES string of the molecule is COc1cc2c(cc1O)C1CC[C@@]3(C)C(=O)CCC3C1CC2. The summed E-state index contributed by atoms with van der Waals surface area (Å²) in [6.07, 6.45) is 6.11. The minimum Gasteiger partial charge on any atom is -0.504 e. The number of aryl methyl sites for hydroxylation is 1. The number of carbonyl (C=O) groups excluding carboxylic acids is 1. The van der Waals surface area contributed by atoms with Crippen molar-refractivity contribution < 1.29 is 14.6 Å². The number of hydrogen-bond acceptors (Lipinski definition) is 3. The first-order valence-electron chi connectivity index (χ1n) is 8.47. The Morgan fingerprint density at radius 1 is 1.23 bits per heavy atom. The van der Waals surface area contributed by atoms with Crippen LogP contribution in [0.4, 0.5) is 0 Å². The zero-order valence-corrected chi connectivity index (χ0v) is 13.4. The average Bonchev–Trinajstić information content (AvgIpc) is 2.82. The third-order valence-corrected chi connectivity index (χ3v) is 6.73. The van der Waals surface area contributed by atoms with Crippen LogP contribution >= 0.6 is 0 Å². The predicted molar refractivity (Wildman–Crippen MR) is 84.3 cm³/mol. The molecule has 3 aliphatic carbocycles. The van der Waals surface area contributed by atoms with E-state index in [9.17, 15) is 9.90 Å². The minimum atomic E-state index is -0.0762. The zero-order valence-electron chi connectivity index (χ0n) is 13.4. The molecule has 3 aliphatic rings. The van der Waals surface area contributed by atoms with Gasteiger partial charge in [-0.15, -0.1) is 0 Å². The van der Waals surface area contributed by atoms with Crippen LogP contribution in [0.1, 0.15) is 56.1 Å². The van der Waals surface area contributed by atoms with Gasteiger partial charge in [0.15, 0.2) is 11.5 Å². The van der Waals surface area contributed by atoms with E-state index in [4.69, 9.17) is 4.74 Å². The van der Waals surface area contributed by atoms with Crippen molar-refractivity contribution in [2.75, 3.05) is 7.11 Å². The highest BCUT2D eigenvalue weighted by atomic mass is 16.5. The molecule has 0 saturated heterocycles. The van der Waals surface area contributed by atoms with Gasteiger partial charge in [0.25, 0.3) is 0 Å². The number of carbonyl (C=O) groups is 1. The van der Waals surface area contributed by atoms with Gasteiger partial charge in [-0.3, -0.25) is 4.79 Å². The number of fused-ring (bicyclic) bond motifs is 5. The summed E-state index contributed by atoms with van der Waals surface area (Å²) < 4.78 is 5.25. The second-order valence-electron chi connectivity index (χ2n) is 7.56. The molecule has 1 aromatic rings. The highest BCUT2D eigenvalue weighted by Gasteiger charge is 2.54. The van der Waals surface area contributed by atoms with Gasteiger partial charge in [-0.05, 0) is 73.1 Å². The molecule has 0 radical (unpaired) electrons. The van der Waals surface area contributed by atoms with Gasteiger partial charge in [-0.25, -0.2) is 0 Å². The Labute approximate surface area is 131 Å². The van der Waals surface area contributed by atoms with Crippen LogP contribution in [0.15, 0.2) is 12.1 Å². The number of ketones is 1. The predicted octanol–water partition coefficient (Wildman–Crippen LogP) is 3.83. The quantitative estimate of drug-likeness (QED) is 0.857. The molecule has 0 bridgehead atoms. The highest BCUT2D eigenvalue weighted by Crippen LogP contribution is 2.60. The van der Waals surface area contributed by atoms with Crippen LogP contribution < -0.4 is 4.74 Å². The second kappa shape index (κ2) is 4.74. The largest absolute Gasteiger partial charge is 0.504 e. The van der Waals surface area contributed by atoms with Crippen LogP contribution in [-0.4, -0.2) is 18.0 Å². The zero-order chi connectivity index (χ0) is 15.5. The number of methoxy groups -OCH3 is 1. The fourth-order valence-corrected chi connectivity index (χ4v) is 5.52. The molecule has 118 valence electrons. The van der Waals surface area contributed by atoms with E-state index in [0.29, 0.717) is 29.3 Å². The normalized spacial score (nSPS) is 36.5. The van der Waals surface area contributed by atoms with Crippen LogP contribution in [0.5, 0.6) is 11.5 Å². The number of ether oxygens (including phenoxy) is 1. The molecule has 0 aromatic heterocycles. The Hall–Kier alpha value is -1.51. The first-order valence-corrected chi connectivity index (χ1v) is 8.47. The van der Waals surface area contributed by atoms with Crippen LogP contribution in [0.25, 0.3) is 0 Å². The van der Waals surface area contributed by atoms with Gasteiger partial charge in [0.2, 0.25) is 0 Å². The number of aromatic hydroxyl groups is 1. The van der Waals surface area contributed by atoms with E-state index in [1.807, 2.05) is 12.1 Å². The van der Waals surface area contributed by atoms with E-state index in [1.54, 1.807) is 7.11 Å². The standard InChI is InChI=1S/C19H24O3/c1-19-8-7-12-13(15(19)5-6-18(19)21)4-3-11-9-17(22-2)16(20)10-14(11)12/h9-10,12-13,15,20H,3-8H2,1-2H3/t12?,13?,15?,19-/m1/s1. The smallest absolute Gasteiger partial charge is 0.160 e. The maximum atomic E-state index is 12.3. The molecule has 0 heterocycles. The lowest BCUT2D eigenvalue weighted by atomic mass is 9.55. The molecule has 1 aromatic carbocycles. The summed E-state index contributed by atoms with van der Waals surface area (Å²) in [5.41, 5.74) is 2.55. The highest BCUT2D eigenvalue weighted by molar-refractivity contribution is 5.87. The van der Waals surface area contributed by atoms with Gasteiger partial charge in [0, 0.05) is 11.8 Å². The molecule has 2 fully saturated rings. The van der Waals surface area contributed by atoms with Crippen molar-refractivity contribution in [2.45, 2.75) is 51.4 Å². The Morgan fingerprint density at radius 2 is 2.05 bits per heavy atom. The van der Waals surface area contributed by atoms with E-state index >= 15 is 0 Å². The fraction of sp³-hybridized carbons (Fsp3) is 0.632. The average molecular weight is 300 g/mol. The lowest BCUT2D eigenvalue weighted by Crippen LogP contribution is -2.42. The first-order chi connectivity index (χ1) is 10.5. The fourth-order valence-electron chi connectivity index (χ4n) is 5.52. The summed E-state index contributed by atoms with van der Waals surface area (Å²) in [5.74, 6) is 2.96. The Kier molecular flexibility index (Phi) is 3.04. The molecular weight excluding hydrogens is 276 g/mol. The third kappa shape index (κ3) is 1.77. The van der Waals surface area contributed by atoms with Gasteiger partial charge >= 0.3 is 0 Å². The van der Waals surface area contributed by atoms with Gasteiger partial charge < -0.3 is 9.84 Å².